The number of fused-ring (bicyclic) bond motifs is 1. The van der Waals surface area contributed by atoms with Crippen molar-refractivity contribution in [3.8, 4) is 0 Å². The van der Waals surface area contributed by atoms with E-state index in [1.807, 2.05) is 42.9 Å². The number of nitrogens with one attached hydrogen (secondary N) is 2. The summed E-state index contributed by atoms with van der Waals surface area (Å²) < 4.78 is 0. The Kier molecular flexibility index (Phi) is 3.56. The highest BCUT2D eigenvalue weighted by Crippen LogP contribution is 2.24. The van der Waals surface area contributed by atoms with Crippen LogP contribution in [0.1, 0.15) is 12.5 Å². The summed E-state index contributed by atoms with van der Waals surface area (Å²) in [7, 11) is 0. The molecule has 1 unspecified atom stereocenters. The van der Waals surface area contributed by atoms with Crippen LogP contribution in [-0.4, -0.2) is 21.0 Å². The van der Waals surface area contributed by atoms with Crippen LogP contribution in [0.5, 0.6) is 0 Å². The maximum absolute atomic E-state index is 6.24. The molecular formula is C15H15ClN4. The van der Waals surface area contributed by atoms with Gasteiger partial charge in [0.1, 0.15) is 11.5 Å². The average molecular weight is 287 g/mol. The van der Waals surface area contributed by atoms with E-state index in [1.165, 1.54) is 5.56 Å². The number of hydrogen-bond donors (Lipinski definition) is 2. The number of aromatic amines is 1. The number of anilines is 1. The third-order valence-corrected chi connectivity index (χ3v) is 3.48. The van der Waals surface area contributed by atoms with E-state index >= 15 is 0 Å². The van der Waals surface area contributed by atoms with Crippen molar-refractivity contribution in [2.45, 2.75) is 19.4 Å². The van der Waals surface area contributed by atoms with Crippen LogP contribution in [0.4, 0.5) is 5.82 Å². The SMILES string of the molecule is CC(Cc1ccncc1)Nc1cc(Cl)c2cc[nH]c2n1. The summed E-state index contributed by atoms with van der Waals surface area (Å²) in [6.07, 6.45) is 6.36. The lowest BCUT2D eigenvalue weighted by Gasteiger charge is -2.14. The van der Waals surface area contributed by atoms with Crippen molar-refractivity contribution in [1.82, 2.24) is 15.0 Å². The summed E-state index contributed by atoms with van der Waals surface area (Å²) in [6.45, 7) is 2.12. The first-order valence-electron chi connectivity index (χ1n) is 6.51. The monoisotopic (exact) mass is 286 g/mol. The zero-order chi connectivity index (χ0) is 13.9. The van der Waals surface area contributed by atoms with Crippen LogP contribution in [0.25, 0.3) is 11.0 Å². The first kappa shape index (κ1) is 12.9. The molecule has 2 N–H and O–H groups in total. The lowest BCUT2D eigenvalue weighted by Crippen LogP contribution is -2.18. The molecule has 0 saturated heterocycles. The van der Waals surface area contributed by atoms with Crippen molar-refractivity contribution in [2.24, 2.45) is 0 Å². The number of nitrogens with zero attached hydrogens (tertiary/aromatic N) is 2. The highest BCUT2D eigenvalue weighted by Gasteiger charge is 2.08. The largest absolute Gasteiger partial charge is 0.367 e. The molecule has 3 aromatic heterocycles. The molecule has 4 nitrogen and oxygen atoms in total. The molecule has 0 spiro atoms. The predicted octanol–water partition coefficient (Wildman–Crippen LogP) is 3.65. The van der Waals surface area contributed by atoms with Crippen LogP contribution in [0.3, 0.4) is 0 Å². The van der Waals surface area contributed by atoms with Gasteiger partial charge in [-0.1, -0.05) is 11.6 Å². The third-order valence-electron chi connectivity index (χ3n) is 3.16. The number of halogens is 1. The molecule has 0 bridgehead atoms. The molecule has 1 atom stereocenters. The first-order valence-corrected chi connectivity index (χ1v) is 6.89. The highest BCUT2D eigenvalue weighted by molar-refractivity contribution is 6.35. The Labute approximate surface area is 122 Å². The van der Waals surface area contributed by atoms with Gasteiger partial charge in [-0.15, -0.1) is 0 Å². The van der Waals surface area contributed by atoms with Crippen LogP contribution in [0.15, 0.2) is 42.9 Å². The number of hydrogen-bond acceptors (Lipinski definition) is 3. The molecule has 0 aromatic carbocycles. The van der Waals surface area contributed by atoms with E-state index in [4.69, 9.17) is 11.6 Å². The molecule has 3 aromatic rings. The van der Waals surface area contributed by atoms with Gasteiger partial charge in [-0.3, -0.25) is 4.98 Å². The van der Waals surface area contributed by atoms with Gasteiger partial charge in [-0.05, 0) is 43.2 Å². The average Bonchev–Trinajstić information content (AvgIpc) is 2.88. The van der Waals surface area contributed by atoms with Gasteiger partial charge in [0, 0.05) is 30.0 Å². The van der Waals surface area contributed by atoms with E-state index in [-0.39, 0.29) is 6.04 Å². The van der Waals surface area contributed by atoms with Crippen molar-refractivity contribution < 1.29 is 0 Å². The molecule has 3 rings (SSSR count). The van der Waals surface area contributed by atoms with E-state index < -0.39 is 0 Å². The minimum absolute atomic E-state index is 0.258. The van der Waals surface area contributed by atoms with Crippen molar-refractivity contribution in [3.63, 3.8) is 0 Å². The number of pyridine rings is 2. The molecule has 0 radical (unpaired) electrons. The fourth-order valence-electron chi connectivity index (χ4n) is 2.25. The van der Waals surface area contributed by atoms with Gasteiger partial charge in [0.15, 0.2) is 0 Å². The minimum atomic E-state index is 0.258. The molecule has 5 heteroatoms. The highest BCUT2D eigenvalue weighted by atomic mass is 35.5. The lowest BCUT2D eigenvalue weighted by molar-refractivity contribution is 0.784. The van der Waals surface area contributed by atoms with Crippen LogP contribution >= 0.6 is 11.6 Å². The maximum atomic E-state index is 6.24. The molecule has 0 amide bonds. The fourth-order valence-corrected chi connectivity index (χ4v) is 2.50. The van der Waals surface area contributed by atoms with Crippen molar-refractivity contribution >= 4 is 28.5 Å². The minimum Gasteiger partial charge on any atom is -0.367 e. The molecule has 3 heterocycles. The number of H-pyrrole nitrogens is 1. The molecule has 0 aliphatic heterocycles. The van der Waals surface area contributed by atoms with E-state index in [2.05, 4.69) is 27.2 Å². The summed E-state index contributed by atoms with van der Waals surface area (Å²) in [5.41, 5.74) is 2.04. The topological polar surface area (TPSA) is 53.6 Å². The Morgan fingerprint density at radius 2 is 2.10 bits per heavy atom. The van der Waals surface area contributed by atoms with Crippen LogP contribution in [-0.2, 0) is 6.42 Å². The smallest absolute Gasteiger partial charge is 0.141 e. The molecule has 0 aliphatic rings. The Morgan fingerprint density at radius 1 is 1.30 bits per heavy atom. The second-order valence-electron chi connectivity index (χ2n) is 4.83. The van der Waals surface area contributed by atoms with Crippen LogP contribution in [0.2, 0.25) is 5.02 Å². The van der Waals surface area contributed by atoms with Crippen LogP contribution < -0.4 is 5.32 Å². The molecule has 102 valence electrons. The Hall–Kier alpha value is -2.07. The van der Waals surface area contributed by atoms with Gasteiger partial charge in [0.2, 0.25) is 0 Å². The second kappa shape index (κ2) is 5.51. The van der Waals surface area contributed by atoms with E-state index in [0.29, 0.717) is 5.02 Å². The second-order valence-corrected chi connectivity index (χ2v) is 5.24. The van der Waals surface area contributed by atoms with Crippen molar-refractivity contribution in [3.05, 3.63) is 53.4 Å². The zero-order valence-corrected chi connectivity index (χ0v) is 11.9. The van der Waals surface area contributed by atoms with E-state index in [0.717, 1.165) is 23.3 Å². The summed E-state index contributed by atoms with van der Waals surface area (Å²) in [4.78, 5) is 11.6. The Balaban J connectivity index is 1.75. The molecule has 20 heavy (non-hydrogen) atoms. The van der Waals surface area contributed by atoms with Gasteiger partial charge in [0.25, 0.3) is 0 Å². The Bertz CT molecular complexity index is 708. The molecule has 0 fully saturated rings. The summed E-state index contributed by atoms with van der Waals surface area (Å²) in [5, 5.41) is 5.02. The van der Waals surface area contributed by atoms with Gasteiger partial charge in [-0.2, -0.15) is 0 Å². The van der Waals surface area contributed by atoms with Gasteiger partial charge >= 0.3 is 0 Å². The number of rotatable bonds is 4. The lowest BCUT2D eigenvalue weighted by atomic mass is 10.1. The molecule has 0 aliphatic carbocycles. The maximum Gasteiger partial charge on any atom is 0.141 e. The summed E-state index contributed by atoms with van der Waals surface area (Å²) >= 11 is 6.24. The number of aromatic nitrogens is 3. The zero-order valence-electron chi connectivity index (χ0n) is 11.1. The van der Waals surface area contributed by atoms with Gasteiger partial charge < -0.3 is 10.3 Å². The van der Waals surface area contributed by atoms with Crippen LogP contribution in [0, 0.1) is 0 Å². The fraction of sp³-hybridized carbons (Fsp3) is 0.200. The van der Waals surface area contributed by atoms with Gasteiger partial charge in [0.05, 0.1) is 5.02 Å². The summed E-state index contributed by atoms with van der Waals surface area (Å²) in [6, 6.07) is 8.09. The van der Waals surface area contributed by atoms with E-state index in [1.54, 1.807) is 0 Å². The first-order chi connectivity index (χ1) is 9.72. The van der Waals surface area contributed by atoms with E-state index in [9.17, 15) is 0 Å². The third kappa shape index (κ3) is 2.75. The van der Waals surface area contributed by atoms with Gasteiger partial charge in [-0.25, -0.2) is 4.98 Å². The normalized spacial score (nSPS) is 12.5. The standard InChI is InChI=1S/C15H15ClN4/c1-10(8-11-2-5-17-6-3-11)19-14-9-13(16)12-4-7-18-15(12)20-14/h2-7,9-10H,8H2,1H3,(H2,18,19,20). The molecule has 0 saturated carbocycles. The quantitative estimate of drug-likeness (QED) is 0.770. The summed E-state index contributed by atoms with van der Waals surface area (Å²) in [5.74, 6) is 0.784. The van der Waals surface area contributed by atoms with Crippen molar-refractivity contribution in [1.29, 1.82) is 0 Å². The molecular weight excluding hydrogens is 272 g/mol. The Morgan fingerprint density at radius 3 is 2.90 bits per heavy atom. The van der Waals surface area contributed by atoms with Crippen molar-refractivity contribution in [2.75, 3.05) is 5.32 Å². The predicted molar refractivity (Wildman–Crippen MR) is 82.1 cm³/mol.